The van der Waals surface area contributed by atoms with Crippen molar-refractivity contribution in [1.82, 2.24) is 5.32 Å². The van der Waals surface area contributed by atoms with Gasteiger partial charge in [0.1, 0.15) is 0 Å². The monoisotopic (exact) mass is 483 g/mol. The van der Waals surface area contributed by atoms with Gasteiger partial charge in [0.05, 0.1) is 0 Å². The summed E-state index contributed by atoms with van der Waals surface area (Å²) in [5.74, 6) is 1.19. The summed E-state index contributed by atoms with van der Waals surface area (Å²) in [7, 11) is 0. The lowest BCUT2D eigenvalue weighted by Gasteiger charge is -2.22. The Morgan fingerprint density at radius 3 is 1.41 bits per heavy atom. The predicted molar refractivity (Wildman–Crippen MR) is 154 cm³/mol. The Balaban J connectivity index is 4.03. The SMILES string of the molecule is CCCCCCCCC(CN)CCCCCCC(CCCCC)NCC(CO)CCCCCC. The Hall–Kier alpha value is -0.120. The molecule has 0 radical (unpaired) electrons. The van der Waals surface area contributed by atoms with Crippen LogP contribution in [-0.4, -0.2) is 30.8 Å². The normalized spacial score (nSPS) is 14.4. The molecule has 0 fully saturated rings. The summed E-state index contributed by atoms with van der Waals surface area (Å²) in [5, 5.41) is 13.7. The summed E-state index contributed by atoms with van der Waals surface area (Å²) < 4.78 is 0. The molecule has 0 aromatic rings. The average Bonchev–Trinajstić information content (AvgIpc) is 2.85. The lowest BCUT2D eigenvalue weighted by Crippen LogP contribution is -2.34. The third-order valence-corrected chi connectivity index (χ3v) is 7.79. The lowest BCUT2D eigenvalue weighted by atomic mass is 9.94. The third-order valence-electron chi connectivity index (χ3n) is 7.79. The number of aliphatic hydroxyl groups is 1. The zero-order chi connectivity index (χ0) is 25.1. The minimum atomic E-state index is 0.335. The average molecular weight is 483 g/mol. The van der Waals surface area contributed by atoms with Gasteiger partial charge in [0.25, 0.3) is 0 Å². The molecule has 0 saturated carbocycles. The molecule has 0 aliphatic carbocycles. The maximum atomic E-state index is 9.80. The predicted octanol–water partition coefficient (Wildman–Crippen LogP) is 8.77. The number of nitrogens with two attached hydrogens (primary N) is 1. The van der Waals surface area contributed by atoms with Crippen molar-refractivity contribution in [3.63, 3.8) is 0 Å². The molecule has 0 saturated heterocycles. The van der Waals surface area contributed by atoms with Crippen LogP contribution in [0.15, 0.2) is 0 Å². The van der Waals surface area contributed by atoms with Crippen LogP contribution in [0.5, 0.6) is 0 Å². The summed E-state index contributed by atoms with van der Waals surface area (Å²) in [6.07, 6.45) is 29.4. The number of unbranched alkanes of at least 4 members (excludes halogenated alkanes) is 13. The fourth-order valence-electron chi connectivity index (χ4n) is 5.21. The summed E-state index contributed by atoms with van der Waals surface area (Å²) in [4.78, 5) is 0. The minimum absolute atomic E-state index is 0.335. The van der Waals surface area contributed by atoms with E-state index >= 15 is 0 Å². The van der Waals surface area contributed by atoms with Gasteiger partial charge in [-0.3, -0.25) is 0 Å². The van der Waals surface area contributed by atoms with Gasteiger partial charge in [0.2, 0.25) is 0 Å². The van der Waals surface area contributed by atoms with E-state index in [1.165, 1.54) is 141 Å². The van der Waals surface area contributed by atoms with Gasteiger partial charge in [0.15, 0.2) is 0 Å². The molecule has 0 rings (SSSR count). The van der Waals surface area contributed by atoms with E-state index in [4.69, 9.17) is 5.73 Å². The number of hydrogen-bond acceptors (Lipinski definition) is 3. The van der Waals surface area contributed by atoms with E-state index in [2.05, 4.69) is 26.1 Å². The van der Waals surface area contributed by atoms with Crippen LogP contribution >= 0.6 is 0 Å². The van der Waals surface area contributed by atoms with Gasteiger partial charge in [-0.2, -0.15) is 0 Å². The Morgan fingerprint density at radius 1 is 0.529 bits per heavy atom. The van der Waals surface area contributed by atoms with Crippen LogP contribution < -0.4 is 11.1 Å². The largest absolute Gasteiger partial charge is 0.396 e. The Bertz CT molecular complexity index is 376. The first kappa shape index (κ1) is 33.9. The summed E-state index contributed by atoms with van der Waals surface area (Å²) in [6.45, 7) is 9.05. The van der Waals surface area contributed by atoms with Crippen molar-refractivity contribution >= 4 is 0 Å². The van der Waals surface area contributed by atoms with Gasteiger partial charge in [0, 0.05) is 19.2 Å². The lowest BCUT2D eigenvalue weighted by molar-refractivity contribution is 0.205. The van der Waals surface area contributed by atoms with Crippen molar-refractivity contribution in [2.24, 2.45) is 17.6 Å². The van der Waals surface area contributed by atoms with E-state index in [9.17, 15) is 5.11 Å². The molecule has 3 heteroatoms. The zero-order valence-corrected chi connectivity index (χ0v) is 23.9. The van der Waals surface area contributed by atoms with Crippen molar-refractivity contribution < 1.29 is 5.11 Å². The Kier molecular flexibility index (Phi) is 27.4. The molecule has 4 N–H and O–H groups in total. The molecule has 0 heterocycles. The standard InChI is InChI=1S/C31H66N2O/c1-4-7-10-12-13-18-21-29(26-32)22-19-14-15-20-25-31(24-16-9-6-3)33-27-30(28-34)23-17-11-8-5-2/h29-31,33-34H,4-28,32H2,1-3H3. The first-order valence-electron chi connectivity index (χ1n) is 15.8. The van der Waals surface area contributed by atoms with Crippen molar-refractivity contribution in [3.05, 3.63) is 0 Å². The van der Waals surface area contributed by atoms with Crippen molar-refractivity contribution in [2.75, 3.05) is 19.7 Å². The van der Waals surface area contributed by atoms with E-state index in [0.29, 0.717) is 18.6 Å². The van der Waals surface area contributed by atoms with E-state index < -0.39 is 0 Å². The van der Waals surface area contributed by atoms with Crippen LogP contribution in [0.4, 0.5) is 0 Å². The highest BCUT2D eigenvalue weighted by molar-refractivity contribution is 4.71. The molecule has 0 aliphatic rings. The highest BCUT2D eigenvalue weighted by atomic mass is 16.3. The molecule has 0 aromatic heterocycles. The summed E-state index contributed by atoms with van der Waals surface area (Å²) in [5.41, 5.74) is 6.06. The summed E-state index contributed by atoms with van der Waals surface area (Å²) in [6, 6.07) is 0.640. The molecular formula is C31H66N2O. The van der Waals surface area contributed by atoms with E-state index in [1.807, 2.05) is 0 Å². The highest BCUT2D eigenvalue weighted by Crippen LogP contribution is 2.19. The fourth-order valence-corrected chi connectivity index (χ4v) is 5.21. The van der Waals surface area contributed by atoms with Crippen LogP contribution in [0.2, 0.25) is 0 Å². The maximum Gasteiger partial charge on any atom is 0.0471 e. The molecule has 3 atom stereocenters. The van der Waals surface area contributed by atoms with Crippen LogP contribution in [0.3, 0.4) is 0 Å². The first-order chi connectivity index (χ1) is 16.7. The zero-order valence-electron chi connectivity index (χ0n) is 23.9. The van der Waals surface area contributed by atoms with Gasteiger partial charge in [-0.15, -0.1) is 0 Å². The molecule has 3 unspecified atom stereocenters. The number of hydrogen-bond donors (Lipinski definition) is 3. The molecule has 0 amide bonds. The molecule has 34 heavy (non-hydrogen) atoms. The van der Waals surface area contributed by atoms with Gasteiger partial charge in [-0.1, -0.05) is 130 Å². The Labute approximate surface area is 215 Å². The quantitative estimate of drug-likeness (QED) is 0.0976. The first-order valence-corrected chi connectivity index (χ1v) is 15.8. The van der Waals surface area contributed by atoms with E-state index in [0.717, 1.165) is 19.0 Å². The molecule has 206 valence electrons. The van der Waals surface area contributed by atoms with Gasteiger partial charge >= 0.3 is 0 Å². The molecule has 3 nitrogen and oxygen atoms in total. The van der Waals surface area contributed by atoms with Crippen molar-refractivity contribution in [3.8, 4) is 0 Å². The van der Waals surface area contributed by atoms with Gasteiger partial charge in [-0.05, 0) is 50.5 Å². The molecule has 0 aromatic carbocycles. The second kappa shape index (κ2) is 27.5. The number of rotatable bonds is 28. The van der Waals surface area contributed by atoms with Crippen LogP contribution in [0.1, 0.15) is 162 Å². The van der Waals surface area contributed by atoms with Gasteiger partial charge in [-0.25, -0.2) is 0 Å². The maximum absolute atomic E-state index is 9.80. The molecule has 0 aliphatic heterocycles. The number of nitrogens with one attached hydrogen (secondary N) is 1. The van der Waals surface area contributed by atoms with Crippen LogP contribution in [0.25, 0.3) is 0 Å². The van der Waals surface area contributed by atoms with E-state index in [-0.39, 0.29) is 0 Å². The Morgan fingerprint density at radius 2 is 0.912 bits per heavy atom. The topological polar surface area (TPSA) is 58.3 Å². The second-order valence-electron chi connectivity index (χ2n) is 11.1. The number of aliphatic hydroxyl groups excluding tert-OH is 1. The van der Waals surface area contributed by atoms with Crippen molar-refractivity contribution in [2.45, 2.75) is 168 Å². The smallest absolute Gasteiger partial charge is 0.0471 e. The van der Waals surface area contributed by atoms with Crippen LogP contribution in [0, 0.1) is 11.8 Å². The third kappa shape index (κ3) is 22.4. The summed E-state index contributed by atoms with van der Waals surface area (Å²) >= 11 is 0. The van der Waals surface area contributed by atoms with Gasteiger partial charge < -0.3 is 16.2 Å². The van der Waals surface area contributed by atoms with Crippen molar-refractivity contribution in [1.29, 1.82) is 0 Å². The molecular weight excluding hydrogens is 416 g/mol. The second-order valence-corrected chi connectivity index (χ2v) is 11.1. The minimum Gasteiger partial charge on any atom is -0.396 e. The molecule has 0 spiro atoms. The van der Waals surface area contributed by atoms with Crippen LogP contribution in [-0.2, 0) is 0 Å². The molecule has 0 bridgehead atoms. The van der Waals surface area contributed by atoms with E-state index in [1.54, 1.807) is 0 Å². The highest BCUT2D eigenvalue weighted by Gasteiger charge is 2.13. The fraction of sp³-hybridized carbons (Fsp3) is 1.00.